The third kappa shape index (κ3) is 3.05. The monoisotopic (exact) mass is 287 g/mol. The summed E-state index contributed by atoms with van der Waals surface area (Å²) in [7, 11) is 0. The molecule has 0 aliphatic rings. The molecule has 0 saturated heterocycles. The van der Waals surface area contributed by atoms with Gasteiger partial charge in [0.1, 0.15) is 11.6 Å². The zero-order valence-electron chi connectivity index (χ0n) is 10.9. The molecule has 1 aromatic heterocycles. The number of aromatic nitrogens is 2. The van der Waals surface area contributed by atoms with E-state index < -0.39 is 0 Å². The summed E-state index contributed by atoms with van der Waals surface area (Å²) >= 11 is 0. The number of nitrogens with zero attached hydrogens (tertiary/aromatic N) is 2. The fourth-order valence-electron chi connectivity index (χ4n) is 1.81. The SMILES string of the molecule is Fc1ccc(-c2nnc(CNc3ccccc3F)o2)cc1. The summed E-state index contributed by atoms with van der Waals surface area (Å²) in [5.74, 6) is -0.0756. The van der Waals surface area contributed by atoms with Crippen LogP contribution in [-0.2, 0) is 6.54 Å². The largest absolute Gasteiger partial charge is 0.419 e. The van der Waals surface area contributed by atoms with Gasteiger partial charge >= 0.3 is 0 Å². The van der Waals surface area contributed by atoms with Crippen LogP contribution in [0.25, 0.3) is 11.5 Å². The molecule has 2 aromatic carbocycles. The molecular weight excluding hydrogens is 276 g/mol. The summed E-state index contributed by atoms with van der Waals surface area (Å²) in [6, 6.07) is 12.1. The fourth-order valence-corrected chi connectivity index (χ4v) is 1.81. The molecule has 0 aliphatic carbocycles. The lowest BCUT2D eigenvalue weighted by atomic mass is 10.2. The van der Waals surface area contributed by atoms with Crippen LogP contribution in [0.1, 0.15) is 5.89 Å². The van der Waals surface area contributed by atoms with Crippen molar-refractivity contribution in [1.82, 2.24) is 10.2 Å². The van der Waals surface area contributed by atoms with Crippen LogP contribution in [0.15, 0.2) is 52.9 Å². The number of halogens is 2. The van der Waals surface area contributed by atoms with Crippen LogP contribution in [0.5, 0.6) is 0 Å². The van der Waals surface area contributed by atoms with Crippen LogP contribution in [-0.4, -0.2) is 10.2 Å². The van der Waals surface area contributed by atoms with Crippen LogP contribution in [0, 0.1) is 11.6 Å². The van der Waals surface area contributed by atoms with Crippen molar-refractivity contribution in [2.45, 2.75) is 6.54 Å². The highest BCUT2D eigenvalue weighted by atomic mass is 19.1. The van der Waals surface area contributed by atoms with Crippen molar-refractivity contribution in [2.24, 2.45) is 0 Å². The molecule has 0 aliphatic heterocycles. The highest BCUT2D eigenvalue weighted by Crippen LogP contribution is 2.19. The van der Waals surface area contributed by atoms with Gasteiger partial charge in [-0.1, -0.05) is 12.1 Å². The van der Waals surface area contributed by atoms with E-state index in [1.807, 2.05) is 0 Å². The predicted octanol–water partition coefficient (Wildman–Crippen LogP) is 3.63. The van der Waals surface area contributed by atoms with Gasteiger partial charge in [-0.2, -0.15) is 0 Å². The third-order valence-electron chi connectivity index (χ3n) is 2.86. The first-order valence-electron chi connectivity index (χ1n) is 6.29. The van der Waals surface area contributed by atoms with Gasteiger partial charge in [-0.25, -0.2) is 8.78 Å². The molecule has 3 aromatic rings. The second-order valence-electron chi connectivity index (χ2n) is 4.34. The molecule has 0 saturated carbocycles. The van der Waals surface area contributed by atoms with Gasteiger partial charge in [-0.3, -0.25) is 0 Å². The molecule has 3 rings (SSSR count). The van der Waals surface area contributed by atoms with E-state index in [0.29, 0.717) is 23.0 Å². The fraction of sp³-hybridized carbons (Fsp3) is 0.0667. The molecule has 1 heterocycles. The lowest BCUT2D eigenvalue weighted by Crippen LogP contribution is -2.01. The van der Waals surface area contributed by atoms with Crippen molar-refractivity contribution < 1.29 is 13.2 Å². The molecule has 0 amide bonds. The van der Waals surface area contributed by atoms with Gasteiger partial charge in [0.05, 0.1) is 12.2 Å². The zero-order chi connectivity index (χ0) is 14.7. The molecule has 0 atom stereocenters. The molecule has 6 heteroatoms. The minimum absolute atomic E-state index is 0.204. The number of para-hydroxylation sites is 1. The molecule has 0 unspecified atom stereocenters. The maximum Gasteiger partial charge on any atom is 0.247 e. The Labute approximate surface area is 119 Å². The van der Waals surface area contributed by atoms with Gasteiger partial charge < -0.3 is 9.73 Å². The summed E-state index contributed by atoms with van der Waals surface area (Å²) < 4.78 is 31.7. The maximum absolute atomic E-state index is 13.4. The van der Waals surface area contributed by atoms with Crippen molar-refractivity contribution in [1.29, 1.82) is 0 Å². The van der Waals surface area contributed by atoms with Gasteiger partial charge in [-0.15, -0.1) is 10.2 Å². The molecule has 1 N–H and O–H groups in total. The number of hydrogen-bond acceptors (Lipinski definition) is 4. The van der Waals surface area contributed by atoms with E-state index in [1.165, 1.54) is 18.2 Å². The van der Waals surface area contributed by atoms with E-state index in [1.54, 1.807) is 30.3 Å². The van der Waals surface area contributed by atoms with Crippen LogP contribution < -0.4 is 5.32 Å². The van der Waals surface area contributed by atoms with Crippen LogP contribution >= 0.6 is 0 Å². The lowest BCUT2D eigenvalue weighted by molar-refractivity contribution is 0.514. The Kier molecular flexibility index (Phi) is 3.59. The highest BCUT2D eigenvalue weighted by molar-refractivity contribution is 5.52. The van der Waals surface area contributed by atoms with Gasteiger partial charge in [0.2, 0.25) is 11.8 Å². The number of benzene rings is 2. The molecular formula is C15H11F2N3O. The number of hydrogen-bond donors (Lipinski definition) is 1. The Morgan fingerprint density at radius 2 is 1.71 bits per heavy atom. The van der Waals surface area contributed by atoms with Gasteiger partial charge in [0, 0.05) is 5.56 Å². The summed E-state index contributed by atoms with van der Waals surface area (Å²) in [6.45, 7) is 0.204. The van der Waals surface area contributed by atoms with E-state index in [-0.39, 0.29) is 18.2 Å². The lowest BCUT2D eigenvalue weighted by Gasteiger charge is -2.03. The zero-order valence-corrected chi connectivity index (χ0v) is 10.9. The minimum atomic E-state index is -0.351. The Balaban J connectivity index is 1.71. The van der Waals surface area contributed by atoms with Crippen molar-refractivity contribution in [3.8, 4) is 11.5 Å². The van der Waals surface area contributed by atoms with E-state index in [9.17, 15) is 8.78 Å². The van der Waals surface area contributed by atoms with Crippen molar-refractivity contribution in [3.63, 3.8) is 0 Å². The second kappa shape index (κ2) is 5.70. The molecule has 0 radical (unpaired) electrons. The predicted molar refractivity (Wildman–Crippen MR) is 73.4 cm³/mol. The van der Waals surface area contributed by atoms with Crippen LogP contribution in [0.2, 0.25) is 0 Å². The summed E-state index contributed by atoms with van der Waals surface area (Å²) in [4.78, 5) is 0. The molecule has 106 valence electrons. The van der Waals surface area contributed by atoms with Crippen molar-refractivity contribution >= 4 is 5.69 Å². The minimum Gasteiger partial charge on any atom is -0.419 e. The Morgan fingerprint density at radius 3 is 2.48 bits per heavy atom. The smallest absolute Gasteiger partial charge is 0.247 e. The first-order valence-corrected chi connectivity index (χ1v) is 6.29. The van der Waals surface area contributed by atoms with Gasteiger partial charge in [-0.05, 0) is 36.4 Å². The molecule has 21 heavy (non-hydrogen) atoms. The molecule has 0 spiro atoms. The molecule has 0 bridgehead atoms. The topological polar surface area (TPSA) is 51.0 Å². The number of rotatable bonds is 4. The summed E-state index contributed by atoms with van der Waals surface area (Å²) in [6.07, 6.45) is 0. The van der Waals surface area contributed by atoms with Crippen molar-refractivity contribution in [2.75, 3.05) is 5.32 Å². The van der Waals surface area contributed by atoms with Gasteiger partial charge in [0.25, 0.3) is 0 Å². The maximum atomic E-state index is 13.4. The van der Waals surface area contributed by atoms with Crippen LogP contribution in [0.3, 0.4) is 0 Å². The number of anilines is 1. The summed E-state index contributed by atoms with van der Waals surface area (Å²) in [5.41, 5.74) is 0.986. The number of nitrogens with one attached hydrogen (secondary N) is 1. The Hall–Kier alpha value is -2.76. The first-order chi connectivity index (χ1) is 10.2. The van der Waals surface area contributed by atoms with E-state index in [2.05, 4.69) is 15.5 Å². The van der Waals surface area contributed by atoms with E-state index >= 15 is 0 Å². The highest BCUT2D eigenvalue weighted by Gasteiger charge is 2.09. The molecule has 0 fully saturated rings. The Morgan fingerprint density at radius 1 is 0.952 bits per heavy atom. The quantitative estimate of drug-likeness (QED) is 0.796. The first kappa shape index (κ1) is 13.2. The average Bonchev–Trinajstić information content (AvgIpc) is 2.96. The third-order valence-corrected chi connectivity index (χ3v) is 2.86. The normalized spacial score (nSPS) is 10.6. The molecule has 4 nitrogen and oxygen atoms in total. The van der Waals surface area contributed by atoms with Gasteiger partial charge in [0.15, 0.2) is 0 Å². The second-order valence-corrected chi connectivity index (χ2v) is 4.34. The summed E-state index contributed by atoms with van der Waals surface area (Å²) in [5, 5.41) is 10.6. The van der Waals surface area contributed by atoms with E-state index in [0.717, 1.165) is 0 Å². The van der Waals surface area contributed by atoms with Crippen LogP contribution in [0.4, 0.5) is 14.5 Å². The average molecular weight is 287 g/mol. The van der Waals surface area contributed by atoms with Crippen molar-refractivity contribution in [3.05, 3.63) is 66.1 Å². The standard InChI is InChI=1S/C15H11F2N3O/c16-11-7-5-10(6-8-11)15-20-19-14(21-15)9-18-13-4-2-1-3-12(13)17/h1-8,18H,9H2. The van der Waals surface area contributed by atoms with E-state index in [4.69, 9.17) is 4.42 Å². The Bertz CT molecular complexity index is 741.